The van der Waals surface area contributed by atoms with Gasteiger partial charge in [0.2, 0.25) is 0 Å². The summed E-state index contributed by atoms with van der Waals surface area (Å²) in [6, 6.07) is 6.06. The summed E-state index contributed by atoms with van der Waals surface area (Å²) in [7, 11) is 0. The topological polar surface area (TPSA) is 79.9 Å². The fraction of sp³-hybridized carbons (Fsp3) is 0.429. The molecule has 1 aromatic rings. The summed E-state index contributed by atoms with van der Waals surface area (Å²) < 4.78 is 10.4. The lowest BCUT2D eigenvalue weighted by Gasteiger charge is -2.26. The number of nitrogens with one attached hydrogen (secondary N) is 2. The Morgan fingerprint density at radius 3 is 2.59 bits per heavy atom. The quantitative estimate of drug-likeness (QED) is 0.837. The predicted molar refractivity (Wildman–Crippen MR) is 80.9 cm³/mol. The van der Waals surface area contributed by atoms with E-state index >= 15 is 0 Å². The molecule has 7 nitrogen and oxygen atoms in total. The molecule has 0 spiro atoms. The highest BCUT2D eigenvalue weighted by Gasteiger charge is 2.12. The van der Waals surface area contributed by atoms with Gasteiger partial charge in [0.15, 0.2) is 6.61 Å². The van der Waals surface area contributed by atoms with Gasteiger partial charge in [0.05, 0.1) is 19.9 Å². The minimum atomic E-state index is -0.545. The van der Waals surface area contributed by atoms with Gasteiger partial charge < -0.3 is 14.8 Å². The molecule has 0 radical (unpaired) electrons. The summed E-state index contributed by atoms with van der Waals surface area (Å²) in [6.07, 6.45) is 0. The van der Waals surface area contributed by atoms with Gasteiger partial charge >= 0.3 is 6.03 Å². The summed E-state index contributed by atoms with van der Waals surface area (Å²) in [5.41, 5.74) is 0. The van der Waals surface area contributed by atoms with Gasteiger partial charge in [-0.15, -0.1) is 0 Å². The fourth-order valence-electron chi connectivity index (χ4n) is 1.83. The van der Waals surface area contributed by atoms with E-state index in [9.17, 15) is 9.59 Å². The first-order valence-corrected chi connectivity index (χ1v) is 7.27. The van der Waals surface area contributed by atoms with E-state index in [2.05, 4.69) is 10.6 Å². The van der Waals surface area contributed by atoms with Gasteiger partial charge in [-0.2, -0.15) is 0 Å². The molecular weight excluding hydrogens is 310 g/mol. The molecule has 3 amide bonds. The van der Waals surface area contributed by atoms with Crippen LogP contribution in [-0.4, -0.2) is 56.4 Å². The Morgan fingerprint density at radius 1 is 1.23 bits per heavy atom. The van der Waals surface area contributed by atoms with Crippen molar-refractivity contribution in [1.82, 2.24) is 15.5 Å². The van der Waals surface area contributed by atoms with Gasteiger partial charge in [-0.1, -0.05) is 11.6 Å². The van der Waals surface area contributed by atoms with Crippen molar-refractivity contribution in [1.29, 1.82) is 0 Å². The molecule has 22 heavy (non-hydrogen) atoms. The molecule has 0 unspecified atom stereocenters. The largest absolute Gasteiger partial charge is 0.484 e. The lowest BCUT2D eigenvalue weighted by atomic mass is 10.3. The highest BCUT2D eigenvalue weighted by Crippen LogP contribution is 2.15. The molecule has 1 fully saturated rings. The van der Waals surface area contributed by atoms with Crippen molar-refractivity contribution >= 4 is 23.5 Å². The molecule has 0 aromatic heterocycles. The molecule has 0 atom stereocenters. The predicted octanol–water partition coefficient (Wildman–Crippen LogP) is 0.834. The molecule has 2 rings (SSSR count). The Hall–Kier alpha value is -1.83. The lowest BCUT2D eigenvalue weighted by Crippen LogP contribution is -2.48. The highest BCUT2D eigenvalue weighted by molar-refractivity contribution is 6.30. The third-order valence-corrected chi connectivity index (χ3v) is 3.26. The molecule has 1 saturated heterocycles. The first-order valence-electron chi connectivity index (χ1n) is 6.89. The van der Waals surface area contributed by atoms with Crippen molar-refractivity contribution in [3.05, 3.63) is 29.3 Å². The molecule has 0 aliphatic carbocycles. The normalized spacial score (nSPS) is 15.1. The minimum Gasteiger partial charge on any atom is -0.484 e. The van der Waals surface area contributed by atoms with Crippen LogP contribution >= 0.6 is 11.6 Å². The third-order valence-electron chi connectivity index (χ3n) is 3.00. The minimum absolute atomic E-state index is 0.243. The van der Waals surface area contributed by atoms with Crippen LogP contribution in [0, 0.1) is 0 Å². The van der Waals surface area contributed by atoms with Crippen LogP contribution in [0.4, 0.5) is 4.79 Å². The maximum atomic E-state index is 11.6. The van der Waals surface area contributed by atoms with Crippen LogP contribution in [0.15, 0.2) is 24.3 Å². The molecule has 0 bridgehead atoms. The van der Waals surface area contributed by atoms with Crippen LogP contribution in [-0.2, 0) is 9.53 Å². The van der Waals surface area contributed by atoms with E-state index in [4.69, 9.17) is 21.1 Å². The number of halogens is 1. The SMILES string of the molecule is O=C(COc1ccc(Cl)cc1)NC(=O)NCN1CCOCC1. The first-order chi connectivity index (χ1) is 10.6. The number of ether oxygens (including phenoxy) is 2. The number of carbonyl (C=O) groups excluding carboxylic acids is 2. The number of rotatable bonds is 5. The van der Waals surface area contributed by atoms with Gasteiger partial charge in [-0.25, -0.2) is 4.79 Å². The van der Waals surface area contributed by atoms with E-state index in [-0.39, 0.29) is 6.61 Å². The van der Waals surface area contributed by atoms with E-state index < -0.39 is 11.9 Å². The second-order valence-corrected chi connectivity index (χ2v) is 5.12. The average Bonchev–Trinajstić information content (AvgIpc) is 2.53. The smallest absolute Gasteiger partial charge is 0.322 e. The van der Waals surface area contributed by atoms with Crippen LogP contribution in [0.3, 0.4) is 0 Å². The number of carbonyl (C=O) groups is 2. The number of benzene rings is 1. The standard InChI is InChI=1S/C14H18ClN3O4/c15-11-1-3-12(4-2-11)22-9-13(19)17-14(20)16-10-18-5-7-21-8-6-18/h1-4H,5-10H2,(H2,16,17,19,20). The summed E-state index contributed by atoms with van der Waals surface area (Å²) in [5, 5.41) is 5.40. The van der Waals surface area contributed by atoms with Gasteiger partial charge in [-0.3, -0.25) is 15.0 Å². The Kier molecular flexibility index (Phi) is 6.45. The summed E-state index contributed by atoms with van der Waals surface area (Å²) in [4.78, 5) is 25.2. The zero-order chi connectivity index (χ0) is 15.8. The van der Waals surface area contributed by atoms with Gasteiger partial charge in [0.25, 0.3) is 5.91 Å². The van der Waals surface area contributed by atoms with E-state index in [1.165, 1.54) is 0 Å². The molecule has 0 saturated carbocycles. The number of hydrogen-bond acceptors (Lipinski definition) is 5. The van der Waals surface area contributed by atoms with Crippen LogP contribution in [0.25, 0.3) is 0 Å². The second kappa shape index (κ2) is 8.57. The highest BCUT2D eigenvalue weighted by atomic mass is 35.5. The van der Waals surface area contributed by atoms with Crippen molar-refractivity contribution in [2.75, 3.05) is 39.6 Å². The summed E-state index contributed by atoms with van der Waals surface area (Å²) in [6.45, 7) is 2.95. The number of morpholine rings is 1. The average molecular weight is 328 g/mol. The first kappa shape index (κ1) is 16.5. The Bertz CT molecular complexity index is 503. The molecule has 2 N–H and O–H groups in total. The van der Waals surface area contributed by atoms with Crippen LogP contribution < -0.4 is 15.4 Å². The van der Waals surface area contributed by atoms with E-state index in [1.807, 2.05) is 4.90 Å². The summed E-state index contributed by atoms with van der Waals surface area (Å²) >= 11 is 5.74. The van der Waals surface area contributed by atoms with Crippen molar-refractivity contribution in [3.8, 4) is 5.75 Å². The maximum Gasteiger partial charge on any atom is 0.322 e. The number of imide groups is 1. The molecule has 8 heteroatoms. The number of hydrogen-bond donors (Lipinski definition) is 2. The molecule has 1 aliphatic rings. The Labute approximate surface area is 133 Å². The van der Waals surface area contributed by atoms with Gasteiger partial charge in [-0.05, 0) is 24.3 Å². The second-order valence-electron chi connectivity index (χ2n) is 4.69. The number of amides is 3. The zero-order valence-electron chi connectivity index (χ0n) is 12.0. The summed E-state index contributed by atoms with van der Waals surface area (Å²) in [5.74, 6) is -0.0114. The third kappa shape index (κ3) is 5.88. The van der Waals surface area contributed by atoms with Crippen LogP contribution in [0.1, 0.15) is 0 Å². The maximum absolute atomic E-state index is 11.6. The molecule has 1 heterocycles. The molecule has 1 aliphatic heterocycles. The molecule has 120 valence electrons. The Morgan fingerprint density at radius 2 is 1.91 bits per heavy atom. The molecular formula is C14H18ClN3O4. The fourth-order valence-corrected chi connectivity index (χ4v) is 1.96. The van der Waals surface area contributed by atoms with Crippen molar-refractivity contribution in [2.45, 2.75) is 0 Å². The zero-order valence-corrected chi connectivity index (χ0v) is 12.8. The monoisotopic (exact) mass is 327 g/mol. The van der Waals surface area contributed by atoms with Crippen LogP contribution in [0.2, 0.25) is 5.02 Å². The van der Waals surface area contributed by atoms with E-state index in [1.54, 1.807) is 24.3 Å². The van der Waals surface area contributed by atoms with E-state index in [0.717, 1.165) is 13.1 Å². The number of nitrogens with zero attached hydrogens (tertiary/aromatic N) is 1. The van der Waals surface area contributed by atoms with Gasteiger partial charge in [0, 0.05) is 18.1 Å². The van der Waals surface area contributed by atoms with Crippen molar-refractivity contribution in [2.24, 2.45) is 0 Å². The number of urea groups is 1. The van der Waals surface area contributed by atoms with E-state index in [0.29, 0.717) is 30.7 Å². The molecule has 1 aromatic carbocycles. The lowest BCUT2D eigenvalue weighted by molar-refractivity contribution is -0.122. The van der Waals surface area contributed by atoms with Crippen molar-refractivity contribution < 1.29 is 19.1 Å². The van der Waals surface area contributed by atoms with Crippen molar-refractivity contribution in [3.63, 3.8) is 0 Å². The Balaban J connectivity index is 1.63. The van der Waals surface area contributed by atoms with Gasteiger partial charge in [0.1, 0.15) is 5.75 Å². The van der Waals surface area contributed by atoms with Crippen LogP contribution in [0.5, 0.6) is 5.75 Å².